The van der Waals surface area contributed by atoms with Crippen molar-refractivity contribution in [3.8, 4) is 11.1 Å². The first-order valence-electron chi connectivity index (χ1n) is 9.32. The summed E-state index contributed by atoms with van der Waals surface area (Å²) in [4.78, 5) is 19.1. The molecule has 1 fully saturated rings. The zero-order chi connectivity index (χ0) is 18.6. The zero-order valence-electron chi connectivity index (χ0n) is 15.2. The van der Waals surface area contributed by atoms with Crippen LogP contribution in [0.1, 0.15) is 40.6 Å². The summed E-state index contributed by atoms with van der Waals surface area (Å²) in [7, 11) is 0. The van der Waals surface area contributed by atoms with Crippen molar-refractivity contribution < 1.29 is 9.21 Å². The molecule has 4 rings (SSSR count). The number of oxazole rings is 1. The summed E-state index contributed by atoms with van der Waals surface area (Å²) in [6, 6.07) is 16.0. The quantitative estimate of drug-likeness (QED) is 0.767. The summed E-state index contributed by atoms with van der Waals surface area (Å²) in [5, 5.41) is 0. The highest BCUT2D eigenvalue weighted by molar-refractivity contribution is 5.95. The lowest BCUT2D eigenvalue weighted by atomic mass is 9.95. The van der Waals surface area contributed by atoms with Crippen LogP contribution in [0.4, 0.5) is 0 Å². The molecule has 0 saturated carbocycles. The van der Waals surface area contributed by atoms with Crippen LogP contribution in [0.25, 0.3) is 11.1 Å². The number of aromatic nitrogens is 1. The topological polar surface area (TPSA) is 72.4 Å². The van der Waals surface area contributed by atoms with E-state index in [1.165, 1.54) is 0 Å². The number of hydrogen-bond donors (Lipinski definition) is 1. The van der Waals surface area contributed by atoms with E-state index >= 15 is 0 Å². The summed E-state index contributed by atoms with van der Waals surface area (Å²) in [6.07, 6.45) is 5.05. The third kappa shape index (κ3) is 3.78. The third-order valence-corrected chi connectivity index (χ3v) is 5.19. The van der Waals surface area contributed by atoms with Crippen molar-refractivity contribution in [1.29, 1.82) is 0 Å². The Bertz CT molecular complexity index is 913. The Morgan fingerprint density at radius 1 is 1.11 bits per heavy atom. The Morgan fingerprint density at radius 2 is 1.85 bits per heavy atom. The van der Waals surface area contributed by atoms with Gasteiger partial charge in [-0.05, 0) is 47.7 Å². The number of carbonyl (C=O) groups is 1. The lowest BCUT2D eigenvalue weighted by Crippen LogP contribution is -2.38. The average molecular weight is 361 g/mol. The number of benzene rings is 2. The van der Waals surface area contributed by atoms with Gasteiger partial charge in [0.25, 0.3) is 5.91 Å². The van der Waals surface area contributed by atoms with E-state index in [-0.39, 0.29) is 5.91 Å². The Kier molecular flexibility index (Phi) is 5.03. The summed E-state index contributed by atoms with van der Waals surface area (Å²) in [6.45, 7) is 1.95. The van der Waals surface area contributed by atoms with E-state index in [2.05, 4.69) is 11.1 Å². The highest BCUT2D eigenvalue weighted by atomic mass is 16.3. The smallest absolute Gasteiger partial charge is 0.253 e. The van der Waals surface area contributed by atoms with Crippen LogP contribution in [0, 0.1) is 0 Å². The van der Waals surface area contributed by atoms with E-state index in [9.17, 15) is 4.79 Å². The predicted molar refractivity (Wildman–Crippen MR) is 104 cm³/mol. The molecule has 1 amide bonds. The van der Waals surface area contributed by atoms with E-state index in [0.29, 0.717) is 12.5 Å². The van der Waals surface area contributed by atoms with E-state index in [4.69, 9.17) is 10.2 Å². The van der Waals surface area contributed by atoms with Gasteiger partial charge in [0.2, 0.25) is 0 Å². The van der Waals surface area contributed by atoms with Crippen LogP contribution in [0.15, 0.2) is 65.4 Å². The molecule has 0 spiro atoms. The van der Waals surface area contributed by atoms with Crippen molar-refractivity contribution >= 4 is 5.91 Å². The Labute approximate surface area is 158 Å². The van der Waals surface area contributed by atoms with E-state index in [1.807, 2.05) is 47.4 Å². The van der Waals surface area contributed by atoms with Gasteiger partial charge in [-0.1, -0.05) is 30.3 Å². The van der Waals surface area contributed by atoms with Crippen LogP contribution >= 0.6 is 0 Å². The fourth-order valence-electron chi connectivity index (χ4n) is 3.66. The number of hydrogen-bond acceptors (Lipinski definition) is 4. The first kappa shape index (κ1) is 17.5. The first-order valence-corrected chi connectivity index (χ1v) is 9.32. The normalized spacial score (nSPS) is 15.1. The molecule has 2 N–H and O–H groups in total. The number of carbonyl (C=O) groups excluding carboxylic acids is 1. The summed E-state index contributed by atoms with van der Waals surface area (Å²) >= 11 is 0. The summed E-state index contributed by atoms with van der Waals surface area (Å²) in [5.74, 6) is 1.16. The van der Waals surface area contributed by atoms with Gasteiger partial charge < -0.3 is 15.1 Å². The lowest BCUT2D eigenvalue weighted by Gasteiger charge is -2.30. The third-order valence-electron chi connectivity index (χ3n) is 5.19. The zero-order valence-corrected chi connectivity index (χ0v) is 15.2. The van der Waals surface area contributed by atoms with Gasteiger partial charge in [-0.25, -0.2) is 4.98 Å². The van der Waals surface area contributed by atoms with Gasteiger partial charge in [0, 0.05) is 31.1 Å². The molecule has 138 valence electrons. The summed E-state index contributed by atoms with van der Waals surface area (Å²) < 4.78 is 5.41. The van der Waals surface area contributed by atoms with Crippen LogP contribution in [-0.4, -0.2) is 28.9 Å². The molecule has 0 bridgehead atoms. The van der Waals surface area contributed by atoms with Gasteiger partial charge in [0.1, 0.15) is 6.26 Å². The van der Waals surface area contributed by atoms with E-state index in [0.717, 1.165) is 54.1 Å². The highest BCUT2D eigenvalue weighted by Crippen LogP contribution is 2.28. The molecule has 0 unspecified atom stereocenters. The van der Waals surface area contributed by atoms with Gasteiger partial charge in [0.15, 0.2) is 5.89 Å². The molecular weight excluding hydrogens is 338 g/mol. The van der Waals surface area contributed by atoms with Gasteiger partial charge in [-0.2, -0.15) is 0 Å². The number of nitrogens with two attached hydrogens (primary N) is 1. The molecule has 5 heteroatoms. The Hall–Kier alpha value is -2.92. The van der Waals surface area contributed by atoms with Crippen molar-refractivity contribution in [2.45, 2.75) is 25.3 Å². The molecule has 2 heterocycles. The van der Waals surface area contributed by atoms with Crippen LogP contribution in [0.5, 0.6) is 0 Å². The molecule has 0 radical (unpaired) electrons. The minimum atomic E-state index is 0.0812. The first-order chi connectivity index (χ1) is 13.2. The van der Waals surface area contributed by atoms with Gasteiger partial charge in [-0.3, -0.25) is 4.79 Å². The van der Waals surface area contributed by atoms with Crippen LogP contribution in [-0.2, 0) is 6.54 Å². The van der Waals surface area contributed by atoms with Crippen molar-refractivity contribution in [1.82, 2.24) is 9.88 Å². The number of likely N-dealkylation sites (tertiary alicyclic amines) is 1. The maximum atomic E-state index is 13.0. The molecule has 0 aliphatic carbocycles. The molecule has 1 aliphatic heterocycles. The van der Waals surface area contributed by atoms with Gasteiger partial charge in [-0.15, -0.1) is 0 Å². The van der Waals surface area contributed by atoms with E-state index in [1.54, 1.807) is 12.5 Å². The predicted octanol–water partition coefficient (Wildman–Crippen LogP) is 3.82. The highest BCUT2D eigenvalue weighted by Gasteiger charge is 2.26. The number of nitrogens with zero attached hydrogens (tertiary/aromatic N) is 2. The van der Waals surface area contributed by atoms with Crippen molar-refractivity contribution in [2.24, 2.45) is 5.73 Å². The molecule has 5 nitrogen and oxygen atoms in total. The van der Waals surface area contributed by atoms with Crippen LogP contribution in [0.3, 0.4) is 0 Å². The SMILES string of the molecule is NCc1cccc(-c2cccc(C(=O)N3CCC(c4ncco4)CC3)c2)c1. The minimum absolute atomic E-state index is 0.0812. The van der Waals surface area contributed by atoms with E-state index < -0.39 is 0 Å². The largest absolute Gasteiger partial charge is 0.449 e. The van der Waals surface area contributed by atoms with Gasteiger partial charge in [0.05, 0.1) is 6.20 Å². The minimum Gasteiger partial charge on any atom is -0.449 e. The van der Waals surface area contributed by atoms with Crippen LogP contribution in [0.2, 0.25) is 0 Å². The second-order valence-electron chi connectivity index (χ2n) is 6.92. The second-order valence-corrected chi connectivity index (χ2v) is 6.92. The molecule has 1 aliphatic rings. The molecular formula is C22H23N3O2. The number of rotatable bonds is 4. The Morgan fingerprint density at radius 3 is 2.56 bits per heavy atom. The molecule has 3 aromatic rings. The maximum absolute atomic E-state index is 13.0. The maximum Gasteiger partial charge on any atom is 0.253 e. The monoisotopic (exact) mass is 361 g/mol. The van der Waals surface area contributed by atoms with Crippen molar-refractivity contribution in [2.75, 3.05) is 13.1 Å². The number of amides is 1. The lowest BCUT2D eigenvalue weighted by molar-refractivity contribution is 0.0706. The molecule has 0 atom stereocenters. The number of piperidine rings is 1. The fraction of sp³-hybridized carbons (Fsp3) is 0.273. The molecule has 27 heavy (non-hydrogen) atoms. The van der Waals surface area contributed by atoms with Crippen LogP contribution < -0.4 is 5.73 Å². The molecule has 2 aromatic carbocycles. The van der Waals surface area contributed by atoms with Crippen molar-refractivity contribution in [3.05, 3.63) is 78.0 Å². The molecule has 1 aromatic heterocycles. The van der Waals surface area contributed by atoms with Crippen molar-refractivity contribution in [3.63, 3.8) is 0 Å². The molecule has 1 saturated heterocycles. The fourth-order valence-corrected chi connectivity index (χ4v) is 3.66. The second kappa shape index (κ2) is 7.76. The average Bonchev–Trinajstić information content (AvgIpc) is 3.28. The standard InChI is InChI=1S/C22H23N3O2/c23-15-16-3-1-4-18(13-16)19-5-2-6-20(14-19)22(26)25-10-7-17(8-11-25)21-24-9-12-27-21/h1-6,9,12-14,17H,7-8,10-11,15,23H2. The van der Waals surface area contributed by atoms with Gasteiger partial charge >= 0.3 is 0 Å². The Balaban J connectivity index is 1.48. The summed E-state index contributed by atoms with van der Waals surface area (Å²) in [5.41, 5.74) is 9.66.